The normalized spacial score (nSPS) is 11.3. The van der Waals surface area contributed by atoms with Crippen LogP contribution in [0, 0.1) is 5.82 Å². The van der Waals surface area contributed by atoms with Gasteiger partial charge < -0.3 is 4.90 Å². The maximum absolute atomic E-state index is 13.3. The number of amides is 1. The number of nitrogens with zero attached hydrogens (tertiary/aromatic N) is 3. The van der Waals surface area contributed by atoms with E-state index in [9.17, 15) is 9.18 Å². The first-order valence-corrected chi connectivity index (χ1v) is 8.57. The first-order valence-electron chi connectivity index (χ1n) is 8.19. The number of hydrogen-bond acceptors (Lipinski definition) is 4. The molecular weight excluding hydrogens is 369 g/mol. The summed E-state index contributed by atoms with van der Waals surface area (Å²) in [5.74, 6) is 4.30. The molecule has 0 spiro atoms. The van der Waals surface area contributed by atoms with E-state index in [-0.39, 0.29) is 5.82 Å². The number of benzene rings is 2. The molecule has 140 valence electrons. The Bertz CT molecular complexity index is 1030. The zero-order chi connectivity index (χ0) is 19.6. The van der Waals surface area contributed by atoms with E-state index in [1.54, 1.807) is 16.8 Å². The number of fused-ring (bicyclic) bond motifs is 1. The zero-order valence-electron chi connectivity index (χ0n) is 14.9. The molecule has 27 heavy (non-hydrogen) atoms. The van der Waals surface area contributed by atoms with Crippen LogP contribution in [0.2, 0.25) is 5.02 Å². The molecule has 0 atom stereocenters. The molecule has 3 aromatic rings. The van der Waals surface area contributed by atoms with Gasteiger partial charge in [-0.2, -0.15) is 5.10 Å². The summed E-state index contributed by atoms with van der Waals surface area (Å²) in [6.45, 7) is 0.365. The van der Waals surface area contributed by atoms with Crippen LogP contribution in [0.3, 0.4) is 0 Å². The molecule has 0 unspecified atom stereocenters. The van der Waals surface area contributed by atoms with Crippen molar-refractivity contribution in [2.24, 2.45) is 5.84 Å². The van der Waals surface area contributed by atoms with Crippen molar-refractivity contribution in [1.29, 1.82) is 0 Å². The third kappa shape index (κ3) is 4.10. The second kappa shape index (κ2) is 7.77. The summed E-state index contributed by atoms with van der Waals surface area (Å²) in [5, 5.41) is 5.80. The van der Waals surface area contributed by atoms with Gasteiger partial charge in [-0.05, 0) is 42.0 Å². The minimum absolute atomic E-state index is 0.335. The summed E-state index contributed by atoms with van der Waals surface area (Å²) >= 11 is 6.17. The lowest BCUT2D eigenvalue weighted by atomic mass is 10.1. The molecule has 1 amide bonds. The fourth-order valence-electron chi connectivity index (χ4n) is 2.72. The van der Waals surface area contributed by atoms with Crippen LogP contribution in [0.15, 0.2) is 42.5 Å². The summed E-state index contributed by atoms with van der Waals surface area (Å²) in [6.07, 6.45) is 2.92. The topological polar surface area (TPSA) is 76.2 Å². The minimum Gasteiger partial charge on any atom is -0.378 e. The zero-order valence-corrected chi connectivity index (χ0v) is 15.7. The summed E-state index contributed by atoms with van der Waals surface area (Å²) in [4.78, 5) is 13.4. The number of carbonyl (C=O) groups is 1. The van der Waals surface area contributed by atoms with E-state index in [0.29, 0.717) is 17.3 Å². The molecule has 0 saturated carbocycles. The highest BCUT2D eigenvalue weighted by Gasteiger charge is 2.12. The number of nitrogens with two attached hydrogens (primary N) is 1. The monoisotopic (exact) mass is 387 g/mol. The van der Waals surface area contributed by atoms with E-state index in [1.807, 2.05) is 42.6 Å². The molecule has 0 aliphatic rings. The first kappa shape index (κ1) is 18.9. The Hall–Kier alpha value is -2.90. The van der Waals surface area contributed by atoms with E-state index in [4.69, 9.17) is 17.4 Å². The molecule has 1 heterocycles. The molecule has 0 fully saturated rings. The fraction of sp³-hybridized carbons (Fsp3) is 0.158. The van der Waals surface area contributed by atoms with Crippen molar-refractivity contribution in [3.8, 4) is 0 Å². The van der Waals surface area contributed by atoms with Gasteiger partial charge in [0, 0.05) is 36.3 Å². The van der Waals surface area contributed by atoms with Gasteiger partial charge in [0.2, 0.25) is 0 Å². The highest BCUT2D eigenvalue weighted by Crippen LogP contribution is 2.27. The van der Waals surface area contributed by atoms with Gasteiger partial charge >= 0.3 is 0 Å². The smallest absolute Gasteiger partial charge is 0.257 e. The van der Waals surface area contributed by atoms with Gasteiger partial charge in [-0.1, -0.05) is 17.7 Å². The Labute approximate surface area is 161 Å². The highest BCUT2D eigenvalue weighted by atomic mass is 35.5. The third-order valence-corrected chi connectivity index (χ3v) is 4.50. The molecule has 8 heteroatoms. The fourth-order valence-corrected chi connectivity index (χ4v) is 2.95. The Kier molecular flexibility index (Phi) is 5.43. The van der Waals surface area contributed by atoms with Crippen molar-refractivity contribution < 1.29 is 9.18 Å². The first-order chi connectivity index (χ1) is 12.9. The minimum atomic E-state index is -0.427. The number of aromatic nitrogens is 2. The average molecular weight is 388 g/mol. The summed E-state index contributed by atoms with van der Waals surface area (Å²) in [7, 11) is 3.90. The van der Waals surface area contributed by atoms with E-state index in [1.165, 1.54) is 18.2 Å². The van der Waals surface area contributed by atoms with E-state index in [0.717, 1.165) is 22.2 Å². The predicted molar refractivity (Wildman–Crippen MR) is 106 cm³/mol. The van der Waals surface area contributed by atoms with Crippen molar-refractivity contribution in [3.63, 3.8) is 0 Å². The molecule has 6 nitrogen and oxygen atoms in total. The van der Waals surface area contributed by atoms with Gasteiger partial charge in [0.05, 0.1) is 17.8 Å². The molecule has 1 aromatic heterocycles. The molecule has 3 N–H and O–H groups in total. The van der Waals surface area contributed by atoms with Gasteiger partial charge in [0.25, 0.3) is 5.91 Å². The Morgan fingerprint density at radius 1 is 1.33 bits per heavy atom. The molecule has 0 saturated heterocycles. The van der Waals surface area contributed by atoms with Crippen LogP contribution in [0.1, 0.15) is 11.3 Å². The number of carbonyl (C=O) groups excluding carboxylic acids is 1. The summed E-state index contributed by atoms with van der Waals surface area (Å²) < 4.78 is 15.1. The van der Waals surface area contributed by atoms with Gasteiger partial charge in [-0.25, -0.2) is 10.2 Å². The summed E-state index contributed by atoms with van der Waals surface area (Å²) in [5.41, 5.74) is 5.29. The lowest BCUT2D eigenvalue weighted by molar-refractivity contribution is -0.116. The molecule has 0 radical (unpaired) electrons. The van der Waals surface area contributed by atoms with Gasteiger partial charge in [-0.3, -0.25) is 14.9 Å². The van der Waals surface area contributed by atoms with Crippen molar-refractivity contribution in [2.75, 3.05) is 19.0 Å². The number of hydrazine groups is 1. The van der Waals surface area contributed by atoms with Crippen LogP contribution < -0.4 is 16.2 Å². The number of halogens is 2. The number of nitrogens with one attached hydrogen (secondary N) is 1. The molecule has 2 aromatic carbocycles. The quantitative estimate of drug-likeness (QED) is 0.305. The van der Waals surface area contributed by atoms with Crippen LogP contribution in [0.25, 0.3) is 17.0 Å². The lowest BCUT2D eigenvalue weighted by Gasteiger charge is -2.13. The van der Waals surface area contributed by atoms with Crippen LogP contribution in [-0.4, -0.2) is 29.8 Å². The molecule has 0 aliphatic carbocycles. The van der Waals surface area contributed by atoms with Crippen LogP contribution in [0.5, 0.6) is 0 Å². The van der Waals surface area contributed by atoms with Crippen molar-refractivity contribution in [1.82, 2.24) is 15.2 Å². The Morgan fingerprint density at radius 3 is 2.78 bits per heavy atom. The second-order valence-electron chi connectivity index (χ2n) is 6.22. The Balaban J connectivity index is 2.10. The van der Waals surface area contributed by atoms with Crippen LogP contribution >= 0.6 is 11.6 Å². The molecule has 0 aliphatic heterocycles. The SMILES string of the molecule is CN(C)c1ccc2c(C=CC(=O)NN)nn(Cc3ccc(F)cc3Cl)c2c1. The van der Waals surface area contributed by atoms with Crippen molar-refractivity contribution >= 4 is 40.2 Å². The highest BCUT2D eigenvalue weighted by molar-refractivity contribution is 6.31. The third-order valence-electron chi connectivity index (χ3n) is 4.15. The maximum atomic E-state index is 13.3. The lowest BCUT2D eigenvalue weighted by Crippen LogP contribution is -2.27. The van der Waals surface area contributed by atoms with E-state index in [2.05, 4.69) is 5.10 Å². The predicted octanol–water partition coefficient (Wildman–Crippen LogP) is 2.95. The second-order valence-corrected chi connectivity index (χ2v) is 6.62. The molecule has 3 rings (SSSR count). The number of hydrogen-bond donors (Lipinski definition) is 2. The average Bonchev–Trinajstić information content (AvgIpc) is 2.99. The summed E-state index contributed by atoms with van der Waals surface area (Å²) in [6, 6.07) is 10.2. The maximum Gasteiger partial charge on any atom is 0.257 e. The molecule has 0 bridgehead atoms. The van der Waals surface area contributed by atoms with Gasteiger partial charge in [0.15, 0.2) is 0 Å². The standard InChI is InChI=1S/C19H19ClFN5O/c1-25(2)14-5-6-15-17(7-8-19(27)23-22)24-26(18(15)10-14)11-12-3-4-13(21)9-16(12)20/h3-10H,11,22H2,1-2H3,(H,23,27). The number of rotatable bonds is 5. The Morgan fingerprint density at radius 2 is 2.11 bits per heavy atom. The van der Waals surface area contributed by atoms with Crippen molar-refractivity contribution in [3.05, 3.63) is 64.6 Å². The van der Waals surface area contributed by atoms with E-state index < -0.39 is 5.91 Å². The van der Waals surface area contributed by atoms with Gasteiger partial charge in [-0.15, -0.1) is 0 Å². The molecular formula is C19H19ClFN5O. The van der Waals surface area contributed by atoms with Gasteiger partial charge in [0.1, 0.15) is 5.82 Å². The van der Waals surface area contributed by atoms with Crippen molar-refractivity contribution in [2.45, 2.75) is 6.54 Å². The van der Waals surface area contributed by atoms with Crippen LogP contribution in [0.4, 0.5) is 10.1 Å². The largest absolute Gasteiger partial charge is 0.378 e. The van der Waals surface area contributed by atoms with E-state index >= 15 is 0 Å². The number of anilines is 1. The van der Waals surface area contributed by atoms with Crippen LogP contribution in [-0.2, 0) is 11.3 Å².